The first kappa shape index (κ1) is 17.9. The van der Waals surface area contributed by atoms with Crippen LogP contribution in [0.1, 0.15) is 12.6 Å². The van der Waals surface area contributed by atoms with Crippen molar-refractivity contribution >= 4 is 45.5 Å². The number of amides is 1. The van der Waals surface area contributed by atoms with E-state index in [1.54, 1.807) is 0 Å². The Morgan fingerprint density at radius 1 is 1.20 bits per heavy atom. The van der Waals surface area contributed by atoms with Crippen molar-refractivity contribution in [3.8, 4) is 16.3 Å². The summed E-state index contributed by atoms with van der Waals surface area (Å²) < 4.78 is 6.47. The number of rotatable bonds is 6. The molecule has 3 rings (SSSR count). The van der Waals surface area contributed by atoms with Crippen molar-refractivity contribution in [2.45, 2.75) is 13.3 Å². The van der Waals surface area contributed by atoms with E-state index in [1.807, 2.05) is 60.8 Å². The molecular formula is C19H17IN2O2S. The third-order valence-corrected chi connectivity index (χ3v) is 5.33. The molecule has 1 heterocycles. The van der Waals surface area contributed by atoms with Crippen LogP contribution < -0.4 is 10.1 Å². The molecule has 0 aliphatic rings. The van der Waals surface area contributed by atoms with Crippen molar-refractivity contribution in [1.82, 2.24) is 4.98 Å². The van der Waals surface area contributed by atoms with Gasteiger partial charge in [-0.05, 0) is 65.9 Å². The van der Waals surface area contributed by atoms with Gasteiger partial charge in [-0.15, -0.1) is 11.3 Å². The molecule has 0 radical (unpaired) electrons. The molecule has 0 atom stereocenters. The molecule has 0 aliphatic carbocycles. The summed E-state index contributed by atoms with van der Waals surface area (Å²) in [5.41, 5.74) is 2.63. The zero-order chi connectivity index (χ0) is 17.6. The largest absolute Gasteiger partial charge is 0.494 e. The number of para-hydroxylation sites is 1. The zero-order valence-electron chi connectivity index (χ0n) is 13.7. The summed E-state index contributed by atoms with van der Waals surface area (Å²) >= 11 is 3.75. The Bertz CT molecular complexity index is 862. The normalized spacial score (nSPS) is 10.5. The van der Waals surface area contributed by atoms with E-state index < -0.39 is 0 Å². The number of nitrogens with one attached hydrogen (secondary N) is 1. The summed E-state index contributed by atoms with van der Waals surface area (Å²) in [7, 11) is 0. The van der Waals surface area contributed by atoms with Gasteiger partial charge in [0.15, 0.2) is 0 Å². The summed E-state index contributed by atoms with van der Waals surface area (Å²) in [6.45, 7) is 2.61. The molecule has 2 aromatic carbocycles. The van der Waals surface area contributed by atoms with Crippen molar-refractivity contribution in [2.24, 2.45) is 0 Å². The first-order chi connectivity index (χ1) is 12.2. The van der Waals surface area contributed by atoms with E-state index in [4.69, 9.17) is 4.74 Å². The standard InChI is InChI=1S/C19H17IN2O2S/c1-2-24-15-9-7-13(8-10-15)19-21-14(12-25-19)11-18(23)22-17-6-4-3-5-16(17)20/h3-10,12H,2,11H2,1H3,(H,22,23). The molecule has 0 bridgehead atoms. The van der Waals surface area contributed by atoms with Crippen LogP contribution in [0.5, 0.6) is 5.75 Å². The fourth-order valence-corrected chi connectivity index (χ4v) is 3.65. The van der Waals surface area contributed by atoms with Crippen LogP contribution in [-0.2, 0) is 11.2 Å². The maximum atomic E-state index is 12.2. The molecule has 128 valence electrons. The van der Waals surface area contributed by atoms with Crippen LogP contribution in [0.15, 0.2) is 53.9 Å². The second kappa shape index (κ2) is 8.44. The predicted octanol–water partition coefficient (Wildman–Crippen LogP) is 4.99. The number of carbonyl (C=O) groups excluding carboxylic acids is 1. The van der Waals surface area contributed by atoms with Gasteiger partial charge in [0.2, 0.25) is 5.91 Å². The van der Waals surface area contributed by atoms with E-state index in [9.17, 15) is 4.79 Å². The fraction of sp³-hybridized carbons (Fsp3) is 0.158. The van der Waals surface area contributed by atoms with Gasteiger partial charge in [0.1, 0.15) is 10.8 Å². The maximum absolute atomic E-state index is 12.2. The Balaban J connectivity index is 1.65. The van der Waals surface area contributed by atoms with E-state index in [1.165, 1.54) is 11.3 Å². The Kier molecular flexibility index (Phi) is 6.04. The Hall–Kier alpha value is -1.93. The maximum Gasteiger partial charge on any atom is 0.230 e. The predicted molar refractivity (Wildman–Crippen MR) is 110 cm³/mol. The molecule has 0 unspecified atom stereocenters. The van der Waals surface area contributed by atoms with E-state index in [0.717, 1.165) is 31.3 Å². The third kappa shape index (κ3) is 4.79. The van der Waals surface area contributed by atoms with Crippen molar-refractivity contribution in [3.05, 3.63) is 63.2 Å². The number of thiazole rings is 1. The number of hydrogen-bond acceptors (Lipinski definition) is 4. The van der Waals surface area contributed by atoms with Crippen molar-refractivity contribution in [1.29, 1.82) is 0 Å². The molecule has 0 saturated heterocycles. The summed E-state index contributed by atoms with van der Waals surface area (Å²) in [4.78, 5) is 16.8. The lowest BCUT2D eigenvalue weighted by molar-refractivity contribution is -0.115. The van der Waals surface area contributed by atoms with Gasteiger partial charge in [-0.25, -0.2) is 4.98 Å². The lowest BCUT2D eigenvalue weighted by atomic mass is 10.2. The highest BCUT2D eigenvalue weighted by Gasteiger charge is 2.10. The van der Waals surface area contributed by atoms with E-state index in [2.05, 4.69) is 32.9 Å². The molecule has 25 heavy (non-hydrogen) atoms. The first-order valence-electron chi connectivity index (χ1n) is 7.87. The highest BCUT2D eigenvalue weighted by molar-refractivity contribution is 14.1. The lowest BCUT2D eigenvalue weighted by Crippen LogP contribution is -2.15. The number of hydrogen-bond donors (Lipinski definition) is 1. The highest BCUT2D eigenvalue weighted by Crippen LogP contribution is 2.26. The third-order valence-electron chi connectivity index (χ3n) is 3.45. The van der Waals surface area contributed by atoms with Gasteiger partial charge in [0.05, 0.1) is 24.4 Å². The van der Waals surface area contributed by atoms with Gasteiger partial charge >= 0.3 is 0 Å². The molecular weight excluding hydrogens is 447 g/mol. The summed E-state index contributed by atoms with van der Waals surface area (Å²) in [5.74, 6) is 0.785. The van der Waals surface area contributed by atoms with Gasteiger partial charge in [-0.2, -0.15) is 0 Å². The summed E-state index contributed by atoms with van der Waals surface area (Å²) in [6, 6.07) is 15.6. The van der Waals surface area contributed by atoms with Crippen molar-refractivity contribution in [2.75, 3.05) is 11.9 Å². The molecule has 1 N–H and O–H groups in total. The zero-order valence-corrected chi connectivity index (χ0v) is 16.6. The van der Waals surface area contributed by atoms with Gasteiger partial charge in [0.25, 0.3) is 0 Å². The van der Waals surface area contributed by atoms with Crippen LogP contribution in [-0.4, -0.2) is 17.5 Å². The quantitative estimate of drug-likeness (QED) is 0.523. The minimum absolute atomic E-state index is 0.0624. The van der Waals surface area contributed by atoms with Gasteiger partial charge in [-0.1, -0.05) is 12.1 Å². The second-order valence-corrected chi connectivity index (χ2v) is 7.33. The number of halogens is 1. The molecule has 0 aliphatic heterocycles. The number of anilines is 1. The first-order valence-corrected chi connectivity index (χ1v) is 9.83. The van der Waals surface area contributed by atoms with Crippen LogP contribution in [0.2, 0.25) is 0 Å². The van der Waals surface area contributed by atoms with E-state index in [-0.39, 0.29) is 12.3 Å². The van der Waals surface area contributed by atoms with Crippen LogP contribution in [0, 0.1) is 3.57 Å². The van der Waals surface area contributed by atoms with Crippen LogP contribution in [0.25, 0.3) is 10.6 Å². The molecule has 4 nitrogen and oxygen atoms in total. The average Bonchev–Trinajstić information content (AvgIpc) is 3.06. The van der Waals surface area contributed by atoms with E-state index >= 15 is 0 Å². The molecule has 0 saturated carbocycles. The molecule has 3 aromatic rings. The monoisotopic (exact) mass is 464 g/mol. The van der Waals surface area contributed by atoms with Crippen molar-refractivity contribution in [3.63, 3.8) is 0 Å². The number of aromatic nitrogens is 1. The lowest BCUT2D eigenvalue weighted by Gasteiger charge is -2.06. The fourth-order valence-electron chi connectivity index (χ4n) is 2.30. The minimum atomic E-state index is -0.0624. The molecule has 1 amide bonds. The highest BCUT2D eigenvalue weighted by atomic mass is 127. The van der Waals surface area contributed by atoms with E-state index in [0.29, 0.717) is 6.61 Å². The second-order valence-electron chi connectivity index (χ2n) is 5.31. The van der Waals surface area contributed by atoms with Crippen LogP contribution in [0.4, 0.5) is 5.69 Å². The molecule has 0 fully saturated rings. The van der Waals surface area contributed by atoms with Gasteiger partial charge in [-0.3, -0.25) is 4.79 Å². The van der Waals surface area contributed by atoms with Crippen LogP contribution in [0.3, 0.4) is 0 Å². The molecule has 6 heteroatoms. The minimum Gasteiger partial charge on any atom is -0.494 e. The van der Waals surface area contributed by atoms with Gasteiger partial charge < -0.3 is 10.1 Å². The Labute approximate surface area is 164 Å². The average molecular weight is 464 g/mol. The smallest absolute Gasteiger partial charge is 0.230 e. The van der Waals surface area contributed by atoms with Gasteiger partial charge in [0, 0.05) is 14.5 Å². The Morgan fingerprint density at radius 2 is 1.96 bits per heavy atom. The Morgan fingerprint density at radius 3 is 2.68 bits per heavy atom. The topological polar surface area (TPSA) is 51.2 Å². The number of benzene rings is 2. The molecule has 0 spiro atoms. The number of carbonyl (C=O) groups is 1. The number of ether oxygens (including phenoxy) is 1. The van der Waals surface area contributed by atoms with Crippen LogP contribution >= 0.6 is 33.9 Å². The number of nitrogens with zero attached hydrogens (tertiary/aromatic N) is 1. The summed E-state index contributed by atoms with van der Waals surface area (Å²) in [5, 5.41) is 5.77. The SMILES string of the molecule is CCOc1ccc(-c2nc(CC(=O)Nc3ccccc3I)cs2)cc1. The molecule has 1 aromatic heterocycles. The van der Waals surface area contributed by atoms with Crippen molar-refractivity contribution < 1.29 is 9.53 Å². The summed E-state index contributed by atoms with van der Waals surface area (Å²) in [6.07, 6.45) is 0.262.